The number of ether oxygens (including phenoxy) is 2. The van der Waals surface area contributed by atoms with Crippen molar-refractivity contribution in [3.05, 3.63) is 42.2 Å². The van der Waals surface area contributed by atoms with Crippen molar-refractivity contribution in [2.45, 2.75) is 6.92 Å². The molecular weight excluding hydrogens is 248 g/mol. The summed E-state index contributed by atoms with van der Waals surface area (Å²) in [5.74, 6) is 1.35. The Balaban J connectivity index is 0.000000982. The van der Waals surface area contributed by atoms with Gasteiger partial charge in [0.05, 0.1) is 13.4 Å². The quantitative estimate of drug-likeness (QED) is 0.502. The summed E-state index contributed by atoms with van der Waals surface area (Å²) in [6, 6.07) is 5.34. The van der Waals surface area contributed by atoms with E-state index >= 15 is 0 Å². The molecule has 0 aliphatic heterocycles. The van der Waals surface area contributed by atoms with Gasteiger partial charge < -0.3 is 14.6 Å². The van der Waals surface area contributed by atoms with Gasteiger partial charge >= 0.3 is 0 Å². The van der Waals surface area contributed by atoms with Crippen LogP contribution in [0.4, 0.5) is 0 Å². The molecule has 5 nitrogen and oxygen atoms in total. The zero-order valence-electron chi connectivity index (χ0n) is 10.8. The summed E-state index contributed by atoms with van der Waals surface area (Å²) >= 11 is 0. The number of hydrogen-bond donors (Lipinski definition) is 1. The average Bonchev–Trinajstić information content (AvgIpc) is 2.40. The van der Waals surface area contributed by atoms with Crippen molar-refractivity contribution >= 4 is 18.8 Å². The van der Waals surface area contributed by atoms with E-state index in [2.05, 4.69) is 6.58 Å². The fraction of sp³-hybridized carbons (Fsp3) is 0.143. The molecule has 0 fully saturated rings. The van der Waals surface area contributed by atoms with Gasteiger partial charge in [-0.15, -0.1) is 0 Å². The molecule has 0 atom stereocenters. The Morgan fingerprint density at radius 3 is 2.47 bits per heavy atom. The average molecular weight is 264 g/mol. The summed E-state index contributed by atoms with van der Waals surface area (Å²) in [5, 5.41) is 6.89. The van der Waals surface area contributed by atoms with Gasteiger partial charge in [-0.2, -0.15) is 0 Å². The first-order valence-electron chi connectivity index (χ1n) is 5.29. The molecule has 0 unspecified atom stereocenters. The Hall–Kier alpha value is -2.56. The highest BCUT2D eigenvalue weighted by Crippen LogP contribution is 2.26. The van der Waals surface area contributed by atoms with Crippen LogP contribution in [0.2, 0.25) is 0 Å². The van der Waals surface area contributed by atoms with Gasteiger partial charge in [0.25, 0.3) is 6.47 Å². The van der Waals surface area contributed by atoms with Crippen LogP contribution in [0.15, 0.2) is 36.6 Å². The standard InChI is InChI=1S/C13H14O3.CH2O2/c1-4-16-12-5-6-13(15-3)11(8-12)7-10(2)9-14;2-1-3/h4-9H,1H2,2-3H3;1H,(H,2,3)/b10-7-;. The van der Waals surface area contributed by atoms with E-state index in [1.54, 1.807) is 38.3 Å². The summed E-state index contributed by atoms with van der Waals surface area (Å²) < 4.78 is 10.3. The molecule has 0 heterocycles. The number of allylic oxidation sites excluding steroid dienone is 1. The molecule has 0 spiro atoms. The summed E-state index contributed by atoms with van der Waals surface area (Å²) in [6.45, 7) is 4.96. The van der Waals surface area contributed by atoms with Gasteiger partial charge in [0.15, 0.2) is 0 Å². The van der Waals surface area contributed by atoms with Crippen LogP contribution in [0.25, 0.3) is 6.08 Å². The maximum Gasteiger partial charge on any atom is 0.290 e. The number of benzene rings is 1. The Labute approximate surface area is 111 Å². The maximum atomic E-state index is 10.6. The van der Waals surface area contributed by atoms with Gasteiger partial charge in [-0.3, -0.25) is 9.59 Å². The van der Waals surface area contributed by atoms with Gasteiger partial charge in [-0.1, -0.05) is 6.58 Å². The van der Waals surface area contributed by atoms with E-state index < -0.39 is 0 Å². The predicted octanol–water partition coefficient (Wildman–Crippen LogP) is 2.52. The Morgan fingerprint density at radius 1 is 1.37 bits per heavy atom. The Bertz CT molecular complexity index is 463. The smallest absolute Gasteiger partial charge is 0.290 e. The molecular formula is C14H16O5. The molecule has 0 aliphatic carbocycles. The lowest BCUT2D eigenvalue weighted by molar-refractivity contribution is -0.122. The lowest BCUT2D eigenvalue weighted by atomic mass is 10.1. The topological polar surface area (TPSA) is 72.8 Å². The third kappa shape index (κ3) is 6.07. The predicted molar refractivity (Wildman–Crippen MR) is 72.2 cm³/mol. The molecule has 1 aromatic rings. The molecule has 0 saturated carbocycles. The van der Waals surface area contributed by atoms with Crippen LogP contribution in [0, 0.1) is 0 Å². The molecule has 0 radical (unpaired) electrons. The van der Waals surface area contributed by atoms with E-state index in [1.165, 1.54) is 6.26 Å². The molecule has 5 heteroatoms. The minimum atomic E-state index is -0.250. The zero-order valence-corrected chi connectivity index (χ0v) is 10.8. The van der Waals surface area contributed by atoms with Crippen LogP contribution in [0.1, 0.15) is 12.5 Å². The molecule has 1 N–H and O–H groups in total. The number of hydrogen-bond acceptors (Lipinski definition) is 4. The lowest BCUT2D eigenvalue weighted by Gasteiger charge is -2.07. The van der Waals surface area contributed by atoms with Crippen molar-refractivity contribution in [2.75, 3.05) is 7.11 Å². The van der Waals surface area contributed by atoms with Crippen LogP contribution >= 0.6 is 0 Å². The van der Waals surface area contributed by atoms with Crippen LogP contribution < -0.4 is 9.47 Å². The largest absolute Gasteiger partial charge is 0.496 e. The number of carbonyl (C=O) groups is 2. The van der Waals surface area contributed by atoms with Crippen molar-refractivity contribution in [1.82, 2.24) is 0 Å². The van der Waals surface area contributed by atoms with E-state index in [4.69, 9.17) is 19.4 Å². The summed E-state index contributed by atoms with van der Waals surface area (Å²) in [4.78, 5) is 18.9. The lowest BCUT2D eigenvalue weighted by Crippen LogP contribution is -1.90. The van der Waals surface area contributed by atoms with E-state index in [0.29, 0.717) is 17.1 Å². The monoisotopic (exact) mass is 264 g/mol. The highest BCUT2D eigenvalue weighted by Gasteiger charge is 2.02. The molecule has 0 amide bonds. The molecule has 1 rings (SSSR count). The molecule has 0 saturated heterocycles. The molecule has 1 aromatic carbocycles. The third-order valence-corrected chi connectivity index (χ3v) is 1.99. The summed E-state index contributed by atoms with van der Waals surface area (Å²) in [5.41, 5.74) is 1.42. The van der Waals surface area contributed by atoms with Crippen molar-refractivity contribution in [2.24, 2.45) is 0 Å². The third-order valence-electron chi connectivity index (χ3n) is 1.99. The van der Waals surface area contributed by atoms with Crippen molar-refractivity contribution in [1.29, 1.82) is 0 Å². The van der Waals surface area contributed by atoms with Gasteiger partial charge in [0, 0.05) is 5.56 Å². The van der Waals surface area contributed by atoms with Crippen LogP contribution in [0.5, 0.6) is 11.5 Å². The van der Waals surface area contributed by atoms with Crippen molar-refractivity contribution < 1.29 is 24.2 Å². The first-order valence-corrected chi connectivity index (χ1v) is 5.29. The van der Waals surface area contributed by atoms with E-state index in [0.717, 1.165) is 11.8 Å². The second-order valence-electron chi connectivity index (χ2n) is 3.30. The van der Waals surface area contributed by atoms with Crippen LogP contribution in [-0.4, -0.2) is 25.0 Å². The van der Waals surface area contributed by atoms with Gasteiger partial charge in [0.2, 0.25) is 0 Å². The number of carbonyl (C=O) groups excluding carboxylic acids is 1. The van der Waals surface area contributed by atoms with E-state index in [-0.39, 0.29) is 6.47 Å². The van der Waals surface area contributed by atoms with Gasteiger partial charge in [-0.25, -0.2) is 0 Å². The van der Waals surface area contributed by atoms with E-state index in [1.807, 2.05) is 0 Å². The number of carboxylic acid groups (broad SMARTS) is 1. The first kappa shape index (κ1) is 16.4. The molecule has 19 heavy (non-hydrogen) atoms. The maximum absolute atomic E-state index is 10.6. The SMILES string of the molecule is C=COc1ccc(OC)c(/C=C(/C)C=O)c1.O=CO. The van der Waals surface area contributed by atoms with E-state index in [9.17, 15) is 4.79 Å². The normalized spacial score (nSPS) is 9.68. The zero-order chi connectivity index (χ0) is 14.7. The Morgan fingerprint density at radius 2 is 2.00 bits per heavy atom. The fourth-order valence-electron chi connectivity index (χ4n) is 1.27. The first-order chi connectivity index (χ1) is 9.12. The van der Waals surface area contributed by atoms with Gasteiger partial charge in [-0.05, 0) is 36.8 Å². The molecule has 0 aliphatic rings. The second kappa shape index (κ2) is 9.47. The minimum Gasteiger partial charge on any atom is -0.496 e. The van der Waals surface area contributed by atoms with Crippen LogP contribution in [0.3, 0.4) is 0 Å². The number of methoxy groups -OCH3 is 1. The minimum absolute atomic E-state index is 0.250. The Kier molecular flexibility index (Phi) is 8.19. The number of rotatable bonds is 5. The highest BCUT2D eigenvalue weighted by molar-refractivity contribution is 5.82. The molecule has 0 aromatic heterocycles. The summed E-state index contributed by atoms with van der Waals surface area (Å²) in [6.07, 6.45) is 3.88. The van der Waals surface area contributed by atoms with Crippen LogP contribution in [-0.2, 0) is 9.59 Å². The molecule has 0 bridgehead atoms. The summed E-state index contributed by atoms with van der Waals surface area (Å²) in [7, 11) is 1.58. The molecule has 102 valence electrons. The fourth-order valence-corrected chi connectivity index (χ4v) is 1.27. The van der Waals surface area contributed by atoms with Gasteiger partial charge in [0.1, 0.15) is 17.8 Å². The highest BCUT2D eigenvalue weighted by atomic mass is 16.5. The van der Waals surface area contributed by atoms with Crippen molar-refractivity contribution in [3.8, 4) is 11.5 Å². The number of aldehydes is 1. The van der Waals surface area contributed by atoms with Crippen molar-refractivity contribution in [3.63, 3.8) is 0 Å². The second-order valence-corrected chi connectivity index (χ2v) is 3.30.